The Morgan fingerprint density at radius 3 is 2.94 bits per heavy atom. The highest BCUT2D eigenvalue weighted by Gasteiger charge is 2.07. The first-order chi connectivity index (χ1) is 8.04. The van der Waals surface area contributed by atoms with Crippen LogP contribution in [0, 0.1) is 5.92 Å². The van der Waals surface area contributed by atoms with E-state index in [0.29, 0.717) is 29.1 Å². The Morgan fingerprint density at radius 1 is 1.47 bits per heavy atom. The summed E-state index contributed by atoms with van der Waals surface area (Å²) in [7, 11) is 0. The van der Waals surface area contributed by atoms with Crippen LogP contribution in [0.15, 0.2) is 27.4 Å². The molecule has 5 heteroatoms. The van der Waals surface area contributed by atoms with Gasteiger partial charge in [-0.05, 0) is 24.1 Å². The fraction of sp³-hybridized carbons (Fsp3) is 0.333. The van der Waals surface area contributed by atoms with Gasteiger partial charge in [0.05, 0.1) is 5.52 Å². The molecular weight excluding hydrogens is 220 g/mol. The van der Waals surface area contributed by atoms with Crippen LogP contribution in [0.1, 0.15) is 20.3 Å². The third-order valence-electron chi connectivity index (χ3n) is 2.30. The fourth-order valence-corrected chi connectivity index (χ4v) is 1.61. The number of amides is 1. The molecule has 1 amide bonds. The van der Waals surface area contributed by atoms with Crippen LogP contribution in [0.5, 0.6) is 0 Å². The summed E-state index contributed by atoms with van der Waals surface area (Å²) in [5.41, 5.74) is 1.72. The third-order valence-corrected chi connectivity index (χ3v) is 2.30. The van der Waals surface area contributed by atoms with Gasteiger partial charge in [0.15, 0.2) is 5.58 Å². The summed E-state index contributed by atoms with van der Waals surface area (Å²) >= 11 is 0. The molecule has 0 aliphatic rings. The van der Waals surface area contributed by atoms with Crippen LogP contribution >= 0.6 is 0 Å². The van der Waals surface area contributed by atoms with Crippen molar-refractivity contribution in [1.82, 2.24) is 4.98 Å². The van der Waals surface area contributed by atoms with Crippen molar-refractivity contribution in [2.75, 3.05) is 5.32 Å². The van der Waals surface area contributed by atoms with E-state index in [2.05, 4.69) is 10.3 Å². The van der Waals surface area contributed by atoms with Crippen LogP contribution in [0.4, 0.5) is 5.69 Å². The smallest absolute Gasteiger partial charge is 0.408 e. The van der Waals surface area contributed by atoms with Crippen molar-refractivity contribution in [2.24, 2.45) is 5.92 Å². The van der Waals surface area contributed by atoms with Gasteiger partial charge in [-0.1, -0.05) is 13.8 Å². The van der Waals surface area contributed by atoms with Crippen molar-refractivity contribution in [3.63, 3.8) is 0 Å². The zero-order chi connectivity index (χ0) is 12.4. The highest BCUT2D eigenvalue weighted by atomic mass is 16.4. The van der Waals surface area contributed by atoms with Crippen LogP contribution in [-0.4, -0.2) is 10.9 Å². The van der Waals surface area contributed by atoms with Crippen LogP contribution in [-0.2, 0) is 4.79 Å². The summed E-state index contributed by atoms with van der Waals surface area (Å²) in [6, 6.07) is 5.04. The SMILES string of the molecule is CC(C)CC(=O)Nc1ccc2oc(=O)[nH]c2c1. The van der Waals surface area contributed by atoms with Crippen LogP contribution in [0.2, 0.25) is 0 Å². The zero-order valence-corrected chi connectivity index (χ0v) is 9.74. The Bertz CT molecular complexity index is 595. The molecule has 5 nitrogen and oxygen atoms in total. The molecule has 0 fully saturated rings. The summed E-state index contributed by atoms with van der Waals surface area (Å²) in [5, 5.41) is 2.77. The average molecular weight is 234 g/mol. The second kappa shape index (κ2) is 4.45. The quantitative estimate of drug-likeness (QED) is 0.854. The van der Waals surface area contributed by atoms with Gasteiger partial charge in [-0.3, -0.25) is 9.78 Å². The van der Waals surface area contributed by atoms with Crippen LogP contribution in [0.3, 0.4) is 0 Å². The Hall–Kier alpha value is -2.04. The molecule has 0 unspecified atom stereocenters. The number of hydrogen-bond acceptors (Lipinski definition) is 3. The number of aromatic amines is 1. The molecule has 0 aliphatic carbocycles. The lowest BCUT2D eigenvalue weighted by Crippen LogP contribution is -2.13. The average Bonchev–Trinajstić information content (AvgIpc) is 2.55. The number of aromatic nitrogens is 1. The van der Waals surface area contributed by atoms with E-state index in [1.807, 2.05) is 13.8 Å². The second-order valence-corrected chi connectivity index (χ2v) is 4.37. The van der Waals surface area contributed by atoms with E-state index in [0.717, 1.165) is 0 Å². The molecule has 2 aromatic rings. The largest absolute Gasteiger partial charge is 0.417 e. The molecule has 0 atom stereocenters. The number of carbonyl (C=O) groups excluding carboxylic acids is 1. The second-order valence-electron chi connectivity index (χ2n) is 4.37. The monoisotopic (exact) mass is 234 g/mol. The first-order valence-electron chi connectivity index (χ1n) is 5.47. The highest BCUT2D eigenvalue weighted by Crippen LogP contribution is 2.16. The summed E-state index contributed by atoms with van der Waals surface area (Å²) in [4.78, 5) is 25.1. The first-order valence-corrected chi connectivity index (χ1v) is 5.47. The van der Waals surface area contributed by atoms with Crippen molar-refractivity contribution >= 4 is 22.7 Å². The number of oxazole rings is 1. The molecule has 1 aromatic heterocycles. The fourth-order valence-electron chi connectivity index (χ4n) is 1.61. The van der Waals surface area contributed by atoms with E-state index in [-0.39, 0.29) is 5.91 Å². The minimum atomic E-state index is -0.495. The highest BCUT2D eigenvalue weighted by molar-refractivity contribution is 5.92. The topological polar surface area (TPSA) is 75.1 Å². The van der Waals surface area contributed by atoms with E-state index >= 15 is 0 Å². The van der Waals surface area contributed by atoms with Crippen molar-refractivity contribution in [1.29, 1.82) is 0 Å². The minimum Gasteiger partial charge on any atom is -0.408 e. The van der Waals surface area contributed by atoms with Gasteiger partial charge in [0.25, 0.3) is 0 Å². The molecule has 1 heterocycles. The molecular formula is C12H14N2O3. The van der Waals surface area contributed by atoms with E-state index < -0.39 is 5.76 Å². The number of carbonyl (C=O) groups is 1. The number of benzene rings is 1. The number of anilines is 1. The van der Waals surface area contributed by atoms with Crippen molar-refractivity contribution in [3.05, 3.63) is 28.7 Å². The Labute approximate surface area is 97.8 Å². The van der Waals surface area contributed by atoms with Gasteiger partial charge in [-0.2, -0.15) is 0 Å². The van der Waals surface area contributed by atoms with Gasteiger partial charge < -0.3 is 9.73 Å². The van der Waals surface area contributed by atoms with Crippen molar-refractivity contribution < 1.29 is 9.21 Å². The van der Waals surface area contributed by atoms with Gasteiger partial charge in [0, 0.05) is 12.1 Å². The molecule has 1 aromatic carbocycles. The van der Waals surface area contributed by atoms with Gasteiger partial charge in [0.1, 0.15) is 0 Å². The van der Waals surface area contributed by atoms with Crippen LogP contribution < -0.4 is 11.1 Å². The van der Waals surface area contributed by atoms with Crippen molar-refractivity contribution in [2.45, 2.75) is 20.3 Å². The van der Waals surface area contributed by atoms with Crippen LogP contribution in [0.25, 0.3) is 11.1 Å². The number of nitrogens with one attached hydrogen (secondary N) is 2. The Balaban J connectivity index is 2.19. The number of fused-ring (bicyclic) bond motifs is 1. The minimum absolute atomic E-state index is 0.0369. The lowest BCUT2D eigenvalue weighted by atomic mass is 10.1. The molecule has 17 heavy (non-hydrogen) atoms. The molecule has 90 valence electrons. The number of H-pyrrole nitrogens is 1. The molecule has 0 radical (unpaired) electrons. The normalized spacial score (nSPS) is 11.0. The lowest BCUT2D eigenvalue weighted by molar-refractivity contribution is -0.116. The third kappa shape index (κ3) is 2.75. The van der Waals surface area contributed by atoms with E-state index in [9.17, 15) is 9.59 Å². The van der Waals surface area contributed by atoms with E-state index in [1.54, 1.807) is 18.2 Å². The molecule has 0 saturated carbocycles. The van der Waals surface area contributed by atoms with Gasteiger partial charge >= 0.3 is 5.76 Å². The van der Waals surface area contributed by atoms with Gasteiger partial charge in [-0.25, -0.2) is 4.79 Å². The van der Waals surface area contributed by atoms with Gasteiger partial charge in [0.2, 0.25) is 5.91 Å². The molecule has 2 N–H and O–H groups in total. The van der Waals surface area contributed by atoms with E-state index in [1.165, 1.54) is 0 Å². The standard InChI is InChI=1S/C12H14N2O3/c1-7(2)5-11(15)13-8-3-4-10-9(6-8)14-12(16)17-10/h3-4,6-7H,5H2,1-2H3,(H,13,15)(H,14,16). The summed E-state index contributed by atoms with van der Waals surface area (Å²) < 4.78 is 4.87. The Kier molecular flexibility index (Phi) is 2.99. The summed E-state index contributed by atoms with van der Waals surface area (Å²) in [6.45, 7) is 3.96. The number of hydrogen-bond donors (Lipinski definition) is 2. The maximum atomic E-state index is 11.6. The predicted molar refractivity (Wildman–Crippen MR) is 64.9 cm³/mol. The summed E-state index contributed by atoms with van der Waals surface area (Å²) in [5.74, 6) is -0.219. The Morgan fingerprint density at radius 2 is 2.24 bits per heavy atom. The maximum Gasteiger partial charge on any atom is 0.417 e. The summed E-state index contributed by atoms with van der Waals surface area (Å²) in [6.07, 6.45) is 0.472. The lowest BCUT2D eigenvalue weighted by Gasteiger charge is -2.06. The molecule has 0 bridgehead atoms. The molecule has 0 saturated heterocycles. The molecule has 2 rings (SSSR count). The maximum absolute atomic E-state index is 11.6. The zero-order valence-electron chi connectivity index (χ0n) is 9.74. The first kappa shape index (κ1) is 11.4. The van der Waals surface area contributed by atoms with Crippen molar-refractivity contribution in [3.8, 4) is 0 Å². The predicted octanol–water partition coefficient (Wildman–Crippen LogP) is 2.11. The van der Waals surface area contributed by atoms with E-state index in [4.69, 9.17) is 4.42 Å². The van der Waals surface area contributed by atoms with Gasteiger partial charge in [-0.15, -0.1) is 0 Å². The molecule has 0 aliphatic heterocycles. The number of rotatable bonds is 3. The molecule has 0 spiro atoms.